The highest BCUT2D eigenvalue weighted by molar-refractivity contribution is 4.62. The summed E-state index contributed by atoms with van der Waals surface area (Å²) < 4.78 is 5.39. The Morgan fingerprint density at radius 3 is 2.50 bits per heavy atom. The fourth-order valence-corrected chi connectivity index (χ4v) is 0.831. The minimum atomic E-state index is 0.141. The van der Waals surface area contributed by atoms with Crippen LogP contribution in [0, 0.1) is 0 Å². The largest absolute Gasteiger partial charge is 0.395 e. The molecule has 0 bridgehead atoms. The van der Waals surface area contributed by atoms with E-state index in [1.165, 1.54) is 0 Å². The number of aliphatic hydroxyl groups excluding tert-OH is 1. The second kappa shape index (κ2) is 7.53. The van der Waals surface area contributed by atoms with E-state index in [1.54, 1.807) is 0 Å². The smallest absolute Gasteiger partial charge is 0.0644 e. The molecule has 3 heteroatoms. The zero-order valence-electron chi connectivity index (χ0n) is 8.42. The SMILES string of the molecule is CCCCOCC(CO)N(C)C. The highest BCUT2D eigenvalue weighted by atomic mass is 16.5. The molecule has 0 fully saturated rings. The second-order valence-electron chi connectivity index (χ2n) is 3.23. The molecule has 0 radical (unpaired) electrons. The summed E-state index contributed by atoms with van der Waals surface area (Å²) in [5.74, 6) is 0. The molecule has 0 heterocycles. The average Bonchev–Trinajstić information content (AvgIpc) is 2.04. The van der Waals surface area contributed by atoms with Crippen molar-refractivity contribution in [2.75, 3.05) is 33.9 Å². The summed E-state index contributed by atoms with van der Waals surface area (Å²) in [5.41, 5.74) is 0. The number of ether oxygens (including phenoxy) is 1. The van der Waals surface area contributed by atoms with Crippen LogP contribution in [0.1, 0.15) is 19.8 Å². The molecule has 0 saturated heterocycles. The third kappa shape index (κ3) is 5.52. The highest BCUT2D eigenvalue weighted by Gasteiger charge is 2.08. The molecule has 0 saturated carbocycles. The van der Waals surface area contributed by atoms with Gasteiger partial charge in [0.1, 0.15) is 0 Å². The van der Waals surface area contributed by atoms with Crippen LogP contribution in [0.2, 0.25) is 0 Å². The van der Waals surface area contributed by atoms with Gasteiger partial charge in [0.05, 0.1) is 19.3 Å². The van der Waals surface area contributed by atoms with Crippen LogP contribution in [-0.2, 0) is 4.74 Å². The van der Waals surface area contributed by atoms with Crippen molar-refractivity contribution < 1.29 is 9.84 Å². The number of nitrogens with zero attached hydrogens (tertiary/aromatic N) is 1. The van der Waals surface area contributed by atoms with Gasteiger partial charge < -0.3 is 14.7 Å². The maximum atomic E-state index is 8.93. The molecule has 0 aromatic carbocycles. The first-order valence-corrected chi connectivity index (χ1v) is 4.57. The van der Waals surface area contributed by atoms with Gasteiger partial charge in [-0.25, -0.2) is 0 Å². The summed E-state index contributed by atoms with van der Waals surface area (Å²) in [4.78, 5) is 1.98. The lowest BCUT2D eigenvalue weighted by Crippen LogP contribution is -2.35. The van der Waals surface area contributed by atoms with Gasteiger partial charge in [0.2, 0.25) is 0 Å². The Labute approximate surface area is 75.3 Å². The highest BCUT2D eigenvalue weighted by Crippen LogP contribution is 1.95. The molecule has 0 aliphatic rings. The summed E-state index contributed by atoms with van der Waals surface area (Å²) in [6, 6.07) is 0.141. The van der Waals surface area contributed by atoms with E-state index < -0.39 is 0 Å². The fraction of sp³-hybridized carbons (Fsp3) is 1.00. The van der Waals surface area contributed by atoms with E-state index in [0.717, 1.165) is 19.4 Å². The van der Waals surface area contributed by atoms with Crippen LogP contribution in [0.4, 0.5) is 0 Å². The van der Waals surface area contributed by atoms with Gasteiger partial charge in [0, 0.05) is 6.61 Å². The van der Waals surface area contributed by atoms with Crippen molar-refractivity contribution >= 4 is 0 Å². The molecular formula is C9H21NO2. The molecule has 0 aliphatic heterocycles. The zero-order chi connectivity index (χ0) is 9.40. The monoisotopic (exact) mass is 175 g/mol. The van der Waals surface area contributed by atoms with Crippen molar-refractivity contribution in [3.8, 4) is 0 Å². The normalized spacial score (nSPS) is 13.8. The van der Waals surface area contributed by atoms with Gasteiger partial charge in [0.15, 0.2) is 0 Å². The molecule has 3 nitrogen and oxygen atoms in total. The fourth-order valence-electron chi connectivity index (χ4n) is 0.831. The third-order valence-corrected chi connectivity index (χ3v) is 1.89. The Morgan fingerprint density at radius 1 is 1.42 bits per heavy atom. The van der Waals surface area contributed by atoms with Crippen molar-refractivity contribution in [2.24, 2.45) is 0 Å². The molecule has 0 rings (SSSR count). The molecule has 0 aromatic rings. The van der Waals surface area contributed by atoms with Crippen LogP contribution >= 0.6 is 0 Å². The Morgan fingerprint density at radius 2 is 2.08 bits per heavy atom. The number of hydrogen-bond acceptors (Lipinski definition) is 3. The van der Waals surface area contributed by atoms with Crippen LogP contribution < -0.4 is 0 Å². The molecule has 1 atom stereocenters. The van der Waals surface area contributed by atoms with Crippen molar-refractivity contribution in [1.82, 2.24) is 4.90 Å². The van der Waals surface area contributed by atoms with E-state index in [1.807, 2.05) is 19.0 Å². The predicted octanol–water partition coefficient (Wildman–Crippen LogP) is 0.726. The van der Waals surface area contributed by atoms with Gasteiger partial charge in [0.25, 0.3) is 0 Å². The topological polar surface area (TPSA) is 32.7 Å². The van der Waals surface area contributed by atoms with E-state index in [0.29, 0.717) is 6.61 Å². The standard InChI is InChI=1S/C9H21NO2/c1-4-5-6-12-8-9(7-11)10(2)3/h9,11H,4-8H2,1-3H3. The summed E-state index contributed by atoms with van der Waals surface area (Å²) in [5, 5.41) is 8.93. The lowest BCUT2D eigenvalue weighted by Gasteiger charge is -2.21. The zero-order valence-corrected chi connectivity index (χ0v) is 8.42. The van der Waals surface area contributed by atoms with E-state index in [2.05, 4.69) is 6.92 Å². The molecule has 74 valence electrons. The van der Waals surface area contributed by atoms with Crippen molar-refractivity contribution in [2.45, 2.75) is 25.8 Å². The quantitative estimate of drug-likeness (QED) is 0.579. The number of hydrogen-bond donors (Lipinski definition) is 1. The summed E-state index contributed by atoms with van der Waals surface area (Å²) >= 11 is 0. The van der Waals surface area contributed by atoms with Crippen LogP contribution in [0.25, 0.3) is 0 Å². The van der Waals surface area contributed by atoms with E-state index >= 15 is 0 Å². The van der Waals surface area contributed by atoms with Crippen LogP contribution in [-0.4, -0.2) is 50.0 Å². The van der Waals surface area contributed by atoms with Gasteiger partial charge in [-0.1, -0.05) is 13.3 Å². The first-order valence-electron chi connectivity index (χ1n) is 4.57. The summed E-state index contributed by atoms with van der Waals surface area (Å²) in [6.45, 7) is 3.74. The van der Waals surface area contributed by atoms with E-state index in [-0.39, 0.29) is 12.6 Å². The van der Waals surface area contributed by atoms with Crippen molar-refractivity contribution in [3.05, 3.63) is 0 Å². The predicted molar refractivity (Wildman–Crippen MR) is 50.3 cm³/mol. The molecule has 0 aliphatic carbocycles. The third-order valence-electron chi connectivity index (χ3n) is 1.89. The molecule has 12 heavy (non-hydrogen) atoms. The van der Waals surface area contributed by atoms with Gasteiger partial charge in [-0.05, 0) is 20.5 Å². The summed E-state index contributed by atoms with van der Waals surface area (Å²) in [6.07, 6.45) is 2.26. The Bertz CT molecular complexity index is 96.5. The minimum Gasteiger partial charge on any atom is -0.395 e. The van der Waals surface area contributed by atoms with E-state index in [9.17, 15) is 0 Å². The number of rotatable bonds is 7. The molecule has 1 unspecified atom stereocenters. The van der Waals surface area contributed by atoms with Crippen LogP contribution in [0.3, 0.4) is 0 Å². The Hall–Kier alpha value is -0.120. The van der Waals surface area contributed by atoms with Gasteiger partial charge >= 0.3 is 0 Å². The maximum absolute atomic E-state index is 8.93. The number of unbranched alkanes of at least 4 members (excludes halogenated alkanes) is 1. The molecule has 0 aromatic heterocycles. The lowest BCUT2D eigenvalue weighted by atomic mass is 10.3. The molecular weight excluding hydrogens is 154 g/mol. The Kier molecular flexibility index (Phi) is 7.45. The maximum Gasteiger partial charge on any atom is 0.0644 e. The average molecular weight is 175 g/mol. The van der Waals surface area contributed by atoms with Gasteiger partial charge in [-0.15, -0.1) is 0 Å². The second-order valence-corrected chi connectivity index (χ2v) is 3.23. The van der Waals surface area contributed by atoms with Gasteiger partial charge in [-0.3, -0.25) is 0 Å². The van der Waals surface area contributed by atoms with E-state index in [4.69, 9.17) is 9.84 Å². The van der Waals surface area contributed by atoms with Crippen molar-refractivity contribution in [3.63, 3.8) is 0 Å². The molecule has 1 N–H and O–H groups in total. The number of likely N-dealkylation sites (N-methyl/N-ethyl adjacent to an activating group) is 1. The number of aliphatic hydroxyl groups is 1. The van der Waals surface area contributed by atoms with Crippen LogP contribution in [0.5, 0.6) is 0 Å². The van der Waals surface area contributed by atoms with Gasteiger partial charge in [-0.2, -0.15) is 0 Å². The lowest BCUT2D eigenvalue weighted by molar-refractivity contribution is 0.0503. The Balaban J connectivity index is 3.32. The van der Waals surface area contributed by atoms with Crippen molar-refractivity contribution in [1.29, 1.82) is 0 Å². The molecule has 0 amide bonds. The van der Waals surface area contributed by atoms with Crippen LogP contribution in [0.15, 0.2) is 0 Å². The first-order chi connectivity index (χ1) is 5.72. The summed E-state index contributed by atoms with van der Waals surface area (Å²) in [7, 11) is 3.90. The minimum absolute atomic E-state index is 0.141. The first kappa shape index (κ1) is 11.9. The molecule has 0 spiro atoms.